The zero-order valence-corrected chi connectivity index (χ0v) is 20.1. The SMILES string of the molecule is Cc1c2c(O[C@H](C)C3CNC(=O)C3)cc(-c3cnn(C4CCOC(C)(C)C4)c3)cc2nn1C. The molecule has 2 unspecified atom stereocenters. The van der Waals surface area contributed by atoms with Crippen molar-refractivity contribution in [3.05, 3.63) is 30.2 Å². The zero-order valence-electron chi connectivity index (χ0n) is 20.1. The lowest BCUT2D eigenvalue weighted by Crippen LogP contribution is -2.35. The fourth-order valence-corrected chi connectivity index (χ4v) is 5.07. The first-order valence-corrected chi connectivity index (χ1v) is 11.8. The molecule has 0 spiro atoms. The molecule has 176 valence electrons. The first-order valence-electron chi connectivity index (χ1n) is 11.8. The van der Waals surface area contributed by atoms with Crippen LogP contribution in [-0.4, -0.2) is 50.3 Å². The Morgan fingerprint density at radius 1 is 1.30 bits per heavy atom. The summed E-state index contributed by atoms with van der Waals surface area (Å²) in [7, 11) is 1.95. The van der Waals surface area contributed by atoms with Gasteiger partial charge in [0.05, 0.1) is 28.7 Å². The number of aryl methyl sites for hydroxylation is 2. The number of hydrogen-bond donors (Lipinski definition) is 1. The van der Waals surface area contributed by atoms with Crippen molar-refractivity contribution < 1.29 is 14.3 Å². The second-order valence-electron chi connectivity index (χ2n) is 10.1. The molecule has 3 aromatic rings. The molecule has 33 heavy (non-hydrogen) atoms. The van der Waals surface area contributed by atoms with E-state index in [4.69, 9.17) is 19.7 Å². The average molecular weight is 452 g/mol. The van der Waals surface area contributed by atoms with Crippen LogP contribution in [0.3, 0.4) is 0 Å². The maximum absolute atomic E-state index is 11.7. The number of amides is 1. The van der Waals surface area contributed by atoms with E-state index in [1.165, 1.54) is 0 Å². The highest BCUT2D eigenvalue weighted by molar-refractivity contribution is 5.92. The Labute approximate surface area is 194 Å². The van der Waals surface area contributed by atoms with Crippen LogP contribution in [0.2, 0.25) is 0 Å². The van der Waals surface area contributed by atoms with Crippen LogP contribution in [0.4, 0.5) is 0 Å². The van der Waals surface area contributed by atoms with Gasteiger partial charge in [-0.1, -0.05) is 0 Å². The molecule has 8 heteroatoms. The fourth-order valence-electron chi connectivity index (χ4n) is 5.07. The van der Waals surface area contributed by atoms with Crippen LogP contribution in [0.15, 0.2) is 24.5 Å². The van der Waals surface area contributed by atoms with E-state index in [0.717, 1.165) is 52.9 Å². The normalized spacial score (nSPS) is 23.6. The molecule has 0 bridgehead atoms. The molecule has 2 fully saturated rings. The van der Waals surface area contributed by atoms with Crippen LogP contribution in [0.25, 0.3) is 22.0 Å². The molecule has 0 saturated carbocycles. The van der Waals surface area contributed by atoms with Gasteiger partial charge in [-0.25, -0.2) is 0 Å². The van der Waals surface area contributed by atoms with Gasteiger partial charge in [0, 0.05) is 50.0 Å². The number of nitrogens with one attached hydrogen (secondary N) is 1. The van der Waals surface area contributed by atoms with Crippen molar-refractivity contribution in [1.82, 2.24) is 24.9 Å². The lowest BCUT2D eigenvalue weighted by Gasteiger charge is -2.35. The number of nitrogens with zero attached hydrogens (tertiary/aromatic N) is 4. The Balaban J connectivity index is 1.48. The van der Waals surface area contributed by atoms with Gasteiger partial charge in [-0.3, -0.25) is 14.2 Å². The Hall–Kier alpha value is -2.87. The van der Waals surface area contributed by atoms with Gasteiger partial charge < -0.3 is 14.8 Å². The van der Waals surface area contributed by atoms with Gasteiger partial charge in [-0.2, -0.15) is 10.2 Å². The summed E-state index contributed by atoms with van der Waals surface area (Å²) in [6.07, 6.45) is 6.36. The van der Waals surface area contributed by atoms with E-state index in [1.54, 1.807) is 0 Å². The summed E-state index contributed by atoms with van der Waals surface area (Å²) in [6, 6.07) is 4.52. The number of carbonyl (C=O) groups excluding carboxylic acids is 1. The topological polar surface area (TPSA) is 83.2 Å². The summed E-state index contributed by atoms with van der Waals surface area (Å²) in [5.74, 6) is 1.06. The van der Waals surface area contributed by atoms with Crippen molar-refractivity contribution in [2.75, 3.05) is 13.2 Å². The van der Waals surface area contributed by atoms with E-state index in [-0.39, 0.29) is 23.5 Å². The van der Waals surface area contributed by atoms with Gasteiger partial charge >= 0.3 is 0 Å². The monoisotopic (exact) mass is 451 g/mol. The molecule has 2 aliphatic rings. The number of benzene rings is 1. The molecule has 5 rings (SSSR count). The molecule has 1 aromatic carbocycles. The van der Waals surface area contributed by atoms with Crippen molar-refractivity contribution in [2.24, 2.45) is 13.0 Å². The highest BCUT2D eigenvalue weighted by Crippen LogP contribution is 2.37. The molecular weight excluding hydrogens is 418 g/mol. The Bertz CT molecular complexity index is 1190. The molecule has 2 saturated heterocycles. The first kappa shape index (κ1) is 21.9. The van der Waals surface area contributed by atoms with Gasteiger partial charge in [0.15, 0.2) is 0 Å². The minimum Gasteiger partial charge on any atom is -0.490 e. The molecule has 4 heterocycles. The van der Waals surface area contributed by atoms with E-state index in [0.29, 0.717) is 19.0 Å². The van der Waals surface area contributed by atoms with Gasteiger partial charge in [0.25, 0.3) is 0 Å². The minimum absolute atomic E-state index is 0.0887. The third-order valence-corrected chi connectivity index (χ3v) is 7.15. The Morgan fingerprint density at radius 3 is 2.85 bits per heavy atom. The maximum Gasteiger partial charge on any atom is 0.220 e. The maximum atomic E-state index is 11.7. The highest BCUT2D eigenvalue weighted by Gasteiger charge is 2.31. The lowest BCUT2D eigenvalue weighted by atomic mass is 9.94. The molecular formula is C25H33N5O3. The van der Waals surface area contributed by atoms with E-state index >= 15 is 0 Å². The predicted molar refractivity (Wildman–Crippen MR) is 126 cm³/mol. The number of hydrogen-bond acceptors (Lipinski definition) is 5. The van der Waals surface area contributed by atoms with E-state index in [1.807, 2.05) is 24.9 Å². The molecule has 0 radical (unpaired) electrons. The standard InChI is InChI=1S/C25H33N5O3/c1-15-24-21(28-29(15)5)8-17(9-22(24)33-16(2)18-10-23(31)26-12-18)19-13-27-30(14-19)20-6-7-32-25(3,4)11-20/h8-9,13-14,16,18,20H,6-7,10-12H2,1-5H3,(H,26,31)/t16-,18?,20?/m1/s1. The smallest absolute Gasteiger partial charge is 0.220 e. The molecule has 8 nitrogen and oxygen atoms in total. The third kappa shape index (κ3) is 4.24. The fraction of sp³-hybridized carbons (Fsp3) is 0.560. The molecule has 1 N–H and O–H groups in total. The largest absolute Gasteiger partial charge is 0.490 e. The van der Waals surface area contributed by atoms with Gasteiger partial charge in [-0.15, -0.1) is 0 Å². The summed E-state index contributed by atoms with van der Waals surface area (Å²) in [5, 5.41) is 13.3. The second kappa shape index (κ2) is 8.17. The van der Waals surface area contributed by atoms with E-state index in [9.17, 15) is 4.79 Å². The molecule has 0 aliphatic carbocycles. The van der Waals surface area contributed by atoms with Crippen LogP contribution in [0, 0.1) is 12.8 Å². The molecule has 3 atom stereocenters. The number of rotatable bonds is 5. The molecule has 2 aromatic heterocycles. The average Bonchev–Trinajstić information content (AvgIpc) is 3.47. The van der Waals surface area contributed by atoms with Gasteiger partial charge in [-0.05, 0) is 58.2 Å². The van der Waals surface area contributed by atoms with E-state index < -0.39 is 0 Å². The van der Waals surface area contributed by atoms with Crippen LogP contribution < -0.4 is 10.1 Å². The van der Waals surface area contributed by atoms with Gasteiger partial charge in [0.1, 0.15) is 11.9 Å². The van der Waals surface area contributed by atoms with Crippen molar-refractivity contribution in [1.29, 1.82) is 0 Å². The quantitative estimate of drug-likeness (QED) is 0.638. The number of aromatic nitrogens is 4. The number of fused-ring (bicyclic) bond motifs is 1. The summed E-state index contributed by atoms with van der Waals surface area (Å²) in [6.45, 7) is 9.78. The van der Waals surface area contributed by atoms with Crippen molar-refractivity contribution in [3.8, 4) is 16.9 Å². The second-order valence-corrected chi connectivity index (χ2v) is 10.1. The molecule has 2 aliphatic heterocycles. The first-order chi connectivity index (χ1) is 15.7. The molecule has 1 amide bonds. The van der Waals surface area contributed by atoms with Crippen molar-refractivity contribution >= 4 is 16.8 Å². The van der Waals surface area contributed by atoms with Crippen LogP contribution in [0.1, 0.15) is 51.8 Å². The summed E-state index contributed by atoms with van der Waals surface area (Å²) in [5.41, 5.74) is 3.89. The van der Waals surface area contributed by atoms with Crippen molar-refractivity contribution in [2.45, 2.75) is 64.7 Å². The van der Waals surface area contributed by atoms with Crippen LogP contribution in [-0.2, 0) is 16.6 Å². The van der Waals surface area contributed by atoms with Crippen LogP contribution in [0.5, 0.6) is 5.75 Å². The predicted octanol–water partition coefficient (Wildman–Crippen LogP) is 3.78. The minimum atomic E-state index is -0.132. The Kier molecular flexibility index (Phi) is 5.43. The number of ether oxygens (including phenoxy) is 2. The van der Waals surface area contributed by atoms with Crippen LogP contribution >= 0.6 is 0 Å². The summed E-state index contributed by atoms with van der Waals surface area (Å²) < 4.78 is 16.3. The highest BCUT2D eigenvalue weighted by atomic mass is 16.5. The third-order valence-electron chi connectivity index (χ3n) is 7.15. The summed E-state index contributed by atoms with van der Waals surface area (Å²) in [4.78, 5) is 11.7. The van der Waals surface area contributed by atoms with E-state index in [2.05, 4.69) is 49.1 Å². The zero-order chi connectivity index (χ0) is 23.3. The lowest BCUT2D eigenvalue weighted by molar-refractivity contribution is -0.119. The van der Waals surface area contributed by atoms with Gasteiger partial charge in [0.2, 0.25) is 5.91 Å². The summed E-state index contributed by atoms with van der Waals surface area (Å²) >= 11 is 0. The van der Waals surface area contributed by atoms with Crippen molar-refractivity contribution in [3.63, 3.8) is 0 Å². The Morgan fingerprint density at radius 2 is 2.12 bits per heavy atom. The number of carbonyl (C=O) groups is 1.